The molecule has 0 radical (unpaired) electrons. The van der Waals surface area contributed by atoms with E-state index in [9.17, 15) is 15.3 Å². The molecular formula is C26H18N4O2S. The van der Waals surface area contributed by atoms with Gasteiger partial charge in [-0.2, -0.15) is 10.5 Å². The monoisotopic (exact) mass is 450 g/mol. The van der Waals surface area contributed by atoms with E-state index in [-0.39, 0.29) is 28.5 Å². The molecule has 0 aliphatic rings. The molecule has 3 aromatic carbocycles. The normalized spacial score (nSPS) is 10.4. The van der Waals surface area contributed by atoms with Crippen LogP contribution in [0.15, 0.2) is 71.8 Å². The lowest BCUT2D eigenvalue weighted by molar-refractivity contribution is 0.102. The van der Waals surface area contributed by atoms with E-state index in [1.54, 1.807) is 37.4 Å². The highest BCUT2D eigenvalue weighted by Gasteiger charge is 2.21. The fraction of sp³-hybridized carbons (Fsp3) is 0.0769. The second kappa shape index (κ2) is 9.44. The Bertz CT molecular complexity index is 1450. The average Bonchev–Trinajstić information content (AvgIpc) is 2.86. The minimum absolute atomic E-state index is 0.0166. The summed E-state index contributed by atoms with van der Waals surface area (Å²) in [6.45, 7) is 0. The third kappa shape index (κ3) is 4.36. The molecule has 0 amide bonds. The molecule has 0 aliphatic heterocycles. The number of ether oxygens (including phenoxy) is 1. The number of nitrogens with zero attached hydrogens (tertiary/aromatic N) is 3. The van der Waals surface area contributed by atoms with Crippen molar-refractivity contribution in [1.82, 2.24) is 4.98 Å². The number of nitrogen functional groups attached to an aromatic ring is 1. The maximum absolute atomic E-state index is 12.9. The predicted molar refractivity (Wildman–Crippen MR) is 129 cm³/mol. The predicted octanol–water partition coefficient (Wildman–Crippen LogP) is 5.21. The first-order valence-corrected chi connectivity index (χ1v) is 11.0. The lowest BCUT2D eigenvalue weighted by Crippen LogP contribution is -2.06. The topological polar surface area (TPSA) is 113 Å². The molecule has 33 heavy (non-hydrogen) atoms. The van der Waals surface area contributed by atoms with Crippen LogP contribution >= 0.6 is 11.8 Å². The van der Waals surface area contributed by atoms with Gasteiger partial charge in [-0.25, -0.2) is 4.98 Å². The molecule has 160 valence electrons. The SMILES string of the molecule is COc1ccc(-c2c(C#N)c(N)nc(SCC(=O)c3ccc4ccccc4c3)c2C#N)cc1. The fourth-order valence-corrected chi connectivity index (χ4v) is 4.42. The summed E-state index contributed by atoms with van der Waals surface area (Å²) in [6, 6.07) is 24.6. The van der Waals surface area contributed by atoms with Gasteiger partial charge in [0.1, 0.15) is 34.3 Å². The number of nitrogens with two attached hydrogens (primary N) is 1. The second-order valence-electron chi connectivity index (χ2n) is 7.15. The van der Waals surface area contributed by atoms with Crippen LogP contribution in [0.4, 0.5) is 5.82 Å². The summed E-state index contributed by atoms with van der Waals surface area (Å²) in [5.74, 6) is 0.648. The Labute approximate surface area is 195 Å². The smallest absolute Gasteiger partial charge is 0.173 e. The van der Waals surface area contributed by atoms with Crippen LogP contribution in [0.5, 0.6) is 5.75 Å². The number of hydrogen-bond donors (Lipinski definition) is 1. The van der Waals surface area contributed by atoms with Crippen molar-refractivity contribution in [3.05, 3.63) is 83.4 Å². The number of Topliss-reactive ketones (excluding diaryl/α,β-unsaturated/α-hetero) is 1. The molecule has 6 nitrogen and oxygen atoms in total. The van der Waals surface area contributed by atoms with Crippen molar-refractivity contribution in [2.75, 3.05) is 18.6 Å². The van der Waals surface area contributed by atoms with Gasteiger partial charge in [0.2, 0.25) is 0 Å². The zero-order valence-electron chi connectivity index (χ0n) is 17.7. The van der Waals surface area contributed by atoms with Crippen molar-refractivity contribution in [1.29, 1.82) is 10.5 Å². The molecule has 4 aromatic rings. The van der Waals surface area contributed by atoms with Crippen LogP contribution in [-0.4, -0.2) is 23.6 Å². The van der Waals surface area contributed by atoms with E-state index in [0.717, 1.165) is 22.5 Å². The molecule has 1 heterocycles. The largest absolute Gasteiger partial charge is 0.497 e. The van der Waals surface area contributed by atoms with Gasteiger partial charge < -0.3 is 10.5 Å². The number of thioether (sulfide) groups is 1. The quantitative estimate of drug-likeness (QED) is 0.317. The molecule has 4 rings (SSSR count). The minimum Gasteiger partial charge on any atom is -0.497 e. The third-order valence-corrected chi connectivity index (χ3v) is 6.18. The van der Waals surface area contributed by atoms with Crippen molar-refractivity contribution in [3.63, 3.8) is 0 Å². The highest BCUT2D eigenvalue weighted by molar-refractivity contribution is 8.00. The van der Waals surface area contributed by atoms with E-state index in [2.05, 4.69) is 17.1 Å². The molecule has 0 aliphatic carbocycles. The molecule has 0 atom stereocenters. The summed E-state index contributed by atoms with van der Waals surface area (Å²) in [5.41, 5.74) is 8.02. The molecular weight excluding hydrogens is 432 g/mol. The van der Waals surface area contributed by atoms with Crippen molar-refractivity contribution < 1.29 is 9.53 Å². The first kappa shape index (κ1) is 21.9. The van der Waals surface area contributed by atoms with Gasteiger partial charge >= 0.3 is 0 Å². The molecule has 0 spiro atoms. The summed E-state index contributed by atoms with van der Waals surface area (Å²) >= 11 is 1.13. The zero-order valence-corrected chi connectivity index (χ0v) is 18.5. The first-order valence-electron chi connectivity index (χ1n) is 9.98. The number of pyridine rings is 1. The number of carbonyl (C=O) groups is 1. The highest BCUT2D eigenvalue weighted by atomic mass is 32.2. The van der Waals surface area contributed by atoms with E-state index in [1.807, 2.05) is 36.4 Å². The number of ketones is 1. The van der Waals surface area contributed by atoms with Crippen LogP contribution in [0.3, 0.4) is 0 Å². The Morgan fingerprint density at radius 1 is 1.00 bits per heavy atom. The molecule has 0 saturated heterocycles. The third-order valence-electron chi connectivity index (χ3n) is 5.21. The number of aromatic nitrogens is 1. The van der Waals surface area contributed by atoms with Gasteiger partial charge in [0.05, 0.1) is 18.4 Å². The number of anilines is 1. The molecule has 0 unspecified atom stereocenters. The average molecular weight is 451 g/mol. The Balaban J connectivity index is 1.68. The molecule has 0 bridgehead atoms. The number of nitriles is 2. The van der Waals surface area contributed by atoms with Crippen LogP contribution in [0, 0.1) is 22.7 Å². The number of fused-ring (bicyclic) bond motifs is 1. The molecule has 2 N–H and O–H groups in total. The Hall–Kier alpha value is -4.33. The Morgan fingerprint density at radius 3 is 2.36 bits per heavy atom. The van der Waals surface area contributed by atoms with Crippen LogP contribution in [-0.2, 0) is 0 Å². The Morgan fingerprint density at radius 2 is 1.70 bits per heavy atom. The van der Waals surface area contributed by atoms with Crippen LogP contribution in [0.1, 0.15) is 21.5 Å². The fourth-order valence-electron chi connectivity index (χ4n) is 3.53. The maximum atomic E-state index is 12.9. The molecule has 0 saturated carbocycles. The number of rotatable bonds is 6. The number of hydrogen-bond acceptors (Lipinski definition) is 7. The van der Waals surface area contributed by atoms with Gasteiger partial charge in [-0.15, -0.1) is 0 Å². The van der Waals surface area contributed by atoms with E-state index in [1.165, 1.54) is 0 Å². The van der Waals surface area contributed by atoms with E-state index in [0.29, 0.717) is 27.5 Å². The van der Waals surface area contributed by atoms with Gasteiger partial charge in [-0.05, 0) is 34.5 Å². The van der Waals surface area contributed by atoms with Gasteiger partial charge in [-0.1, -0.05) is 60.3 Å². The highest BCUT2D eigenvalue weighted by Crippen LogP contribution is 2.36. The van der Waals surface area contributed by atoms with Crippen molar-refractivity contribution in [2.45, 2.75) is 5.03 Å². The lowest BCUT2D eigenvalue weighted by atomic mass is 9.97. The van der Waals surface area contributed by atoms with Crippen molar-refractivity contribution in [2.24, 2.45) is 0 Å². The number of carbonyl (C=O) groups excluding carboxylic acids is 1. The molecule has 0 fully saturated rings. The van der Waals surface area contributed by atoms with Gasteiger partial charge in [-0.3, -0.25) is 4.79 Å². The number of benzene rings is 3. The standard InChI is InChI=1S/C26H18N4O2S/c1-32-20-10-8-17(9-11-20)24-21(13-27)25(29)30-26(22(24)14-28)33-15-23(31)19-7-6-16-4-2-3-5-18(16)12-19/h2-12H,15H2,1H3,(H2,29,30). The van der Waals surface area contributed by atoms with Gasteiger partial charge in [0, 0.05) is 11.1 Å². The van der Waals surface area contributed by atoms with E-state index < -0.39 is 0 Å². The van der Waals surface area contributed by atoms with Crippen molar-refractivity contribution in [3.8, 4) is 29.0 Å². The van der Waals surface area contributed by atoms with E-state index >= 15 is 0 Å². The van der Waals surface area contributed by atoms with Crippen LogP contribution in [0.25, 0.3) is 21.9 Å². The van der Waals surface area contributed by atoms with Crippen LogP contribution < -0.4 is 10.5 Å². The lowest BCUT2D eigenvalue weighted by Gasteiger charge is -2.13. The summed E-state index contributed by atoms with van der Waals surface area (Å²) in [5, 5.41) is 21.9. The van der Waals surface area contributed by atoms with Crippen molar-refractivity contribution >= 4 is 34.1 Å². The summed E-state index contributed by atoms with van der Waals surface area (Å²) in [6.07, 6.45) is 0. The maximum Gasteiger partial charge on any atom is 0.173 e. The van der Waals surface area contributed by atoms with Gasteiger partial charge in [0.25, 0.3) is 0 Å². The number of methoxy groups -OCH3 is 1. The molecule has 7 heteroatoms. The summed E-state index contributed by atoms with van der Waals surface area (Å²) < 4.78 is 5.19. The minimum atomic E-state index is -0.0922. The zero-order chi connectivity index (χ0) is 23.4. The Kier molecular flexibility index (Phi) is 6.26. The second-order valence-corrected chi connectivity index (χ2v) is 8.12. The van der Waals surface area contributed by atoms with Crippen LogP contribution in [0.2, 0.25) is 0 Å². The summed E-state index contributed by atoms with van der Waals surface area (Å²) in [7, 11) is 1.56. The molecule has 1 aromatic heterocycles. The van der Waals surface area contributed by atoms with Gasteiger partial charge in [0.15, 0.2) is 5.78 Å². The first-order chi connectivity index (χ1) is 16.0. The van der Waals surface area contributed by atoms with E-state index in [4.69, 9.17) is 10.5 Å². The summed E-state index contributed by atoms with van der Waals surface area (Å²) in [4.78, 5) is 17.1.